The summed E-state index contributed by atoms with van der Waals surface area (Å²) < 4.78 is 0. The molecule has 0 aromatic heterocycles. The fourth-order valence-corrected chi connectivity index (χ4v) is 7.78. The molecule has 0 unspecified atom stereocenters. The number of halogens is 1. The van der Waals surface area contributed by atoms with Crippen molar-refractivity contribution in [3.8, 4) is 0 Å². The van der Waals surface area contributed by atoms with Crippen LogP contribution in [0.5, 0.6) is 0 Å². The highest BCUT2D eigenvalue weighted by Crippen LogP contribution is 2.55. The molecule has 0 spiro atoms. The first-order valence-electron chi connectivity index (χ1n) is 9.04. The Morgan fingerprint density at radius 3 is 1.33 bits per heavy atom. The fourth-order valence-electron chi connectivity index (χ4n) is 3.28. The molecule has 0 fully saturated rings. The smallest absolute Gasteiger partial charge is 0.372 e. The molecule has 0 radical (unpaired) electrons. The van der Waals surface area contributed by atoms with Crippen molar-refractivity contribution in [2.75, 3.05) is 6.16 Å². The predicted octanol–water partition coefficient (Wildman–Crippen LogP) is 5.84. The lowest BCUT2D eigenvalue weighted by Gasteiger charge is -2.27. The highest BCUT2D eigenvalue weighted by molar-refractivity contribution is 9.18. The first-order valence-corrected chi connectivity index (χ1v) is 11.8. The average Bonchev–Trinajstić information content (AvgIpc) is 2.71. The van der Waals surface area contributed by atoms with Crippen LogP contribution in [0.4, 0.5) is 4.79 Å². The molecule has 0 heterocycles. The first kappa shape index (κ1) is 21.3. The molecule has 0 bridgehead atoms. The minimum absolute atomic E-state index is 1.02. The van der Waals surface area contributed by atoms with Crippen LogP contribution in [-0.2, 0) is 0 Å². The molecule has 0 amide bonds. The second kappa shape index (κ2) is 11.0. The summed E-state index contributed by atoms with van der Waals surface area (Å²) in [5.41, 5.74) is 0. The van der Waals surface area contributed by atoms with Crippen molar-refractivity contribution in [2.24, 2.45) is 0 Å². The monoisotopic (exact) mass is 443 g/mol. The molecule has 0 atom stereocenters. The maximum absolute atomic E-state index is 8.92. The Balaban J connectivity index is 0.000000596. The van der Waals surface area contributed by atoms with Crippen LogP contribution in [0.15, 0.2) is 91.0 Å². The van der Waals surface area contributed by atoms with Crippen LogP contribution in [0, 0.1) is 0 Å². The predicted molar refractivity (Wildman–Crippen MR) is 122 cm³/mol. The lowest BCUT2D eigenvalue weighted by molar-refractivity contribution is 0.223. The van der Waals surface area contributed by atoms with E-state index in [4.69, 9.17) is 9.90 Å². The molecular weight excluding hydrogens is 419 g/mol. The van der Waals surface area contributed by atoms with E-state index in [2.05, 4.69) is 114 Å². The van der Waals surface area contributed by atoms with Crippen molar-refractivity contribution in [2.45, 2.75) is 19.8 Å². The number of hydrogen-bond acceptors (Lipinski definition) is 1. The fraction of sp³-hybridized carbons (Fsp3) is 0.174. The van der Waals surface area contributed by atoms with E-state index >= 15 is 0 Å². The minimum atomic E-state index is -1.57. The number of hydrogen-bond donors (Lipinski definition) is 1. The van der Waals surface area contributed by atoms with Crippen LogP contribution < -0.4 is 15.9 Å². The third kappa shape index (κ3) is 5.76. The molecule has 0 saturated carbocycles. The van der Waals surface area contributed by atoms with E-state index in [0.29, 0.717) is 0 Å². The SMILES string of the molecule is CCCC[P+](c1ccccc1)(c1ccccc1)c1ccccc1.O=C(O)Br. The number of carboxylic acid groups (broad SMARTS) is 1. The van der Waals surface area contributed by atoms with Gasteiger partial charge in [-0.15, -0.1) is 0 Å². The Labute approximate surface area is 170 Å². The second-order valence-corrected chi connectivity index (χ2v) is 10.4. The summed E-state index contributed by atoms with van der Waals surface area (Å²) in [5.74, 6) is 0. The van der Waals surface area contributed by atoms with Gasteiger partial charge in [0.2, 0.25) is 0 Å². The van der Waals surface area contributed by atoms with Crippen molar-refractivity contribution in [1.82, 2.24) is 0 Å². The van der Waals surface area contributed by atoms with Gasteiger partial charge in [-0.25, -0.2) is 4.79 Å². The van der Waals surface area contributed by atoms with Crippen LogP contribution in [0.3, 0.4) is 0 Å². The zero-order valence-electron chi connectivity index (χ0n) is 15.5. The van der Waals surface area contributed by atoms with Gasteiger partial charge in [0.1, 0.15) is 23.2 Å². The van der Waals surface area contributed by atoms with Crippen LogP contribution in [0.25, 0.3) is 0 Å². The largest absolute Gasteiger partial charge is 0.473 e. The van der Waals surface area contributed by atoms with E-state index in [1.165, 1.54) is 34.9 Å². The molecule has 0 aliphatic heterocycles. The summed E-state index contributed by atoms with van der Waals surface area (Å²) in [6.45, 7) is 2.29. The van der Waals surface area contributed by atoms with Gasteiger partial charge < -0.3 is 5.11 Å². The Kier molecular flexibility index (Phi) is 8.71. The minimum Gasteiger partial charge on any atom is -0.473 e. The third-order valence-corrected chi connectivity index (χ3v) is 8.96. The Morgan fingerprint density at radius 1 is 0.778 bits per heavy atom. The lowest BCUT2D eigenvalue weighted by Crippen LogP contribution is -2.33. The molecule has 3 aromatic rings. The first-order chi connectivity index (χ1) is 13.1. The summed E-state index contributed by atoms with van der Waals surface area (Å²) >= 11 is 2.19. The van der Waals surface area contributed by atoms with Crippen molar-refractivity contribution >= 4 is 44.0 Å². The normalized spacial score (nSPS) is 10.6. The van der Waals surface area contributed by atoms with E-state index < -0.39 is 12.1 Å². The molecule has 3 rings (SSSR count). The molecule has 0 aliphatic rings. The zero-order valence-corrected chi connectivity index (χ0v) is 17.9. The summed E-state index contributed by atoms with van der Waals surface area (Å²) in [7, 11) is -1.57. The zero-order chi connectivity index (χ0) is 19.5. The number of carbonyl (C=O) groups is 1. The Bertz CT molecular complexity index is 707. The molecular formula is C23H25BrO2P+. The van der Waals surface area contributed by atoms with Crippen molar-refractivity contribution < 1.29 is 9.90 Å². The molecule has 0 saturated heterocycles. The Hall–Kier alpha value is -1.96. The highest BCUT2D eigenvalue weighted by Gasteiger charge is 2.44. The van der Waals surface area contributed by atoms with Crippen molar-refractivity contribution in [1.29, 1.82) is 0 Å². The van der Waals surface area contributed by atoms with Crippen molar-refractivity contribution in [3.63, 3.8) is 0 Å². The molecule has 140 valence electrons. The maximum atomic E-state index is 8.92. The molecule has 1 N–H and O–H groups in total. The van der Waals surface area contributed by atoms with Gasteiger partial charge in [-0.05, 0) is 42.8 Å². The van der Waals surface area contributed by atoms with Gasteiger partial charge in [0.05, 0.1) is 6.16 Å². The van der Waals surface area contributed by atoms with E-state index in [0.717, 1.165) is 0 Å². The van der Waals surface area contributed by atoms with Gasteiger partial charge in [-0.1, -0.05) is 67.9 Å². The highest BCUT2D eigenvalue weighted by atomic mass is 79.9. The summed E-state index contributed by atoms with van der Waals surface area (Å²) in [6.07, 6.45) is 3.72. The number of unbranched alkanes of at least 4 members (excludes halogenated alkanes) is 1. The van der Waals surface area contributed by atoms with Gasteiger partial charge in [-0.2, -0.15) is 0 Å². The second-order valence-electron chi connectivity index (χ2n) is 6.15. The third-order valence-electron chi connectivity index (χ3n) is 4.44. The van der Waals surface area contributed by atoms with Gasteiger partial charge in [0, 0.05) is 15.9 Å². The van der Waals surface area contributed by atoms with Gasteiger partial charge >= 0.3 is 4.88 Å². The summed E-state index contributed by atoms with van der Waals surface area (Å²) in [6, 6.07) is 33.4. The van der Waals surface area contributed by atoms with Crippen molar-refractivity contribution in [3.05, 3.63) is 91.0 Å². The lowest BCUT2D eigenvalue weighted by atomic mass is 10.3. The van der Waals surface area contributed by atoms with Crippen LogP contribution >= 0.6 is 23.2 Å². The van der Waals surface area contributed by atoms with E-state index in [1.54, 1.807) is 0 Å². The van der Waals surface area contributed by atoms with E-state index in [1.807, 2.05) is 0 Å². The van der Waals surface area contributed by atoms with Gasteiger partial charge in [-0.3, -0.25) is 0 Å². The average molecular weight is 444 g/mol. The quantitative estimate of drug-likeness (QED) is 0.383. The van der Waals surface area contributed by atoms with Gasteiger partial charge in [0.15, 0.2) is 0 Å². The molecule has 4 heteroatoms. The Morgan fingerprint density at radius 2 is 1.07 bits per heavy atom. The number of rotatable bonds is 6. The van der Waals surface area contributed by atoms with Crippen LogP contribution in [0.2, 0.25) is 0 Å². The standard InChI is InChI=1S/C22H24P.CHBrO2/c1-2-3-19-23(20-13-7-4-8-14-20,21-15-9-5-10-16-21)22-17-11-6-12-18-22;2-1(3)4/h4-18H,2-3,19H2,1H3;(H,3,4)/q+1;. The van der Waals surface area contributed by atoms with E-state index in [-0.39, 0.29) is 0 Å². The molecule has 2 nitrogen and oxygen atoms in total. The molecule has 0 aliphatic carbocycles. The van der Waals surface area contributed by atoms with Crippen LogP contribution in [-0.4, -0.2) is 16.1 Å². The van der Waals surface area contributed by atoms with Gasteiger partial charge in [0.25, 0.3) is 0 Å². The van der Waals surface area contributed by atoms with E-state index in [9.17, 15) is 0 Å². The number of benzene rings is 3. The topological polar surface area (TPSA) is 37.3 Å². The maximum Gasteiger partial charge on any atom is 0.372 e. The summed E-state index contributed by atoms with van der Waals surface area (Å²) in [5, 5.41) is 11.8. The molecule has 3 aromatic carbocycles. The summed E-state index contributed by atoms with van der Waals surface area (Å²) in [4.78, 5) is 7.90. The van der Waals surface area contributed by atoms with Crippen LogP contribution in [0.1, 0.15) is 19.8 Å². The molecule has 27 heavy (non-hydrogen) atoms.